The topological polar surface area (TPSA) is 4.93 Å². The molecule has 1 heterocycles. The molecule has 0 saturated heterocycles. The van der Waals surface area contributed by atoms with Crippen molar-refractivity contribution in [3.05, 3.63) is 48.2 Å². The van der Waals surface area contributed by atoms with Gasteiger partial charge in [-0.25, -0.2) is 0 Å². The number of nitrogens with zero attached hydrogens (tertiary/aromatic N) is 1. The van der Waals surface area contributed by atoms with Crippen molar-refractivity contribution in [2.24, 2.45) is 7.05 Å². The first-order valence-electron chi connectivity index (χ1n) is 6.38. The summed E-state index contributed by atoms with van der Waals surface area (Å²) in [6.45, 7) is 6.37. The Labute approximate surface area is 103 Å². The summed E-state index contributed by atoms with van der Waals surface area (Å²) >= 11 is 0. The lowest BCUT2D eigenvalue weighted by Gasteiger charge is -2.32. The standard InChI is InChI=1S/C16H19N/c1-4-16(2)11-7-9-13-12-8-5-6-10-14(12)17(3)15(13)16/h4-6,8,10H,1,7,9,11H2,2-3H3. The predicted molar refractivity (Wildman–Crippen MR) is 73.4 cm³/mol. The molecule has 0 fully saturated rings. The highest BCUT2D eigenvalue weighted by Crippen LogP contribution is 2.42. The van der Waals surface area contributed by atoms with Crippen LogP contribution >= 0.6 is 0 Å². The average molecular weight is 225 g/mol. The van der Waals surface area contributed by atoms with E-state index in [4.69, 9.17) is 0 Å². The van der Waals surface area contributed by atoms with E-state index in [0.29, 0.717) is 0 Å². The number of benzene rings is 1. The summed E-state index contributed by atoms with van der Waals surface area (Å²) in [6, 6.07) is 8.74. The largest absolute Gasteiger partial charge is 0.347 e. The molecule has 0 amide bonds. The van der Waals surface area contributed by atoms with Crippen molar-refractivity contribution in [1.29, 1.82) is 0 Å². The first kappa shape index (κ1) is 10.6. The second-order valence-electron chi connectivity index (χ2n) is 5.38. The first-order chi connectivity index (χ1) is 8.17. The van der Waals surface area contributed by atoms with Gasteiger partial charge in [-0.1, -0.05) is 31.2 Å². The van der Waals surface area contributed by atoms with Gasteiger partial charge in [-0.15, -0.1) is 6.58 Å². The fourth-order valence-corrected chi connectivity index (χ4v) is 3.40. The third kappa shape index (κ3) is 1.32. The van der Waals surface area contributed by atoms with E-state index >= 15 is 0 Å². The summed E-state index contributed by atoms with van der Waals surface area (Å²) in [5, 5.41) is 1.43. The van der Waals surface area contributed by atoms with E-state index in [-0.39, 0.29) is 5.41 Å². The zero-order valence-electron chi connectivity index (χ0n) is 10.7. The van der Waals surface area contributed by atoms with Gasteiger partial charge in [-0.3, -0.25) is 0 Å². The van der Waals surface area contributed by atoms with E-state index in [0.717, 1.165) is 0 Å². The molecule has 1 aliphatic carbocycles. The molecule has 0 aliphatic heterocycles. The van der Waals surface area contributed by atoms with E-state index < -0.39 is 0 Å². The van der Waals surface area contributed by atoms with Crippen molar-refractivity contribution in [2.45, 2.75) is 31.6 Å². The lowest BCUT2D eigenvalue weighted by Crippen LogP contribution is -2.27. The van der Waals surface area contributed by atoms with Gasteiger partial charge in [-0.2, -0.15) is 0 Å². The van der Waals surface area contributed by atoms with Gasteiger partial charge in [0.2, 0.25) is 0 Å². The first-order valence-corrected chi connectivity index (χ1v) is 6.38. The van der Waals surface area contributed by atoms with Crippen LogP contribution in [-0.4, -0.2) is 4.57 Å². The number of hydrogen-bond donors (Lipinski definition) is 0. The molecule has 1 unspecified atom stereocenters. The molecule has 0 spiro atoms. The molecular formula is C16H19N. The molecular weight excluding hydrogens is 206 g/mol. The minimum absolute atomic E-state index is 0.140. The molecule has 1 heteroatoms. The fraction of sp³-hybridized carbons (Fsp3) is 0.375. The van der Waals surface area contributed by atoms with E-state index in [1.54, 1.807) is 0 Å². The van der Waals surface area contributed by atoms with Crippen molar-refractivity contribution in [2.75, 3.05) is 0 Å². The third-order valence-electron chi connectivity index (χ3n) is 4.33. The van der Waals surface area contributed by atoms with E-state index in [1.807, 2.05) is 0 Å². The SMILES string of the molecule is C=CC1(C)CCCc2c1n(C)c1ccccc21. The number of aryl methyl sites for hydroxylation is 2. The smallest absolute Gasteiger partial charge is 0.0483 e. The van der Waals surface area contributed by atoms with Gasteiger partial charge in [0.25, 0.3) is 0 Å². The quantitative estimate of drug-likeness (QED) is 0.647. The number of fused-ring (bicyclic) bond motifs is 3. The van der Waals surface area contributed by atoms with Crippen LogP contribution in [0.3, 0.4) is 0 Å². The summed E-state index contributed by atoms with van der Waals surface area (Å²) in [4.78, 5) is 0. The lowest BCUT2D eigenvalue weighted by atomic mass is 9.74. The van der Waals surface area contributed by atoms with Crippen molar-refractivity contribution in [3.8, 4) is 0 Å². The van der Waals surface area contributed by atoms with Crippen molar-refractivity contribution in [3.63, 3.8) is 0 Å². The summed E-state index contributed by atoms with van der Waals surface area (Å²) in [5.41, 5.74) is 4.51. The van der Waals surface area contributed by atoms with Gasteiger partial charge in [-0.05, 0) is 30.9 Å². The maximum atomic E-state index is 4.05. The Balaban J connectivity index is 2.42. The van der Waals surface area contributed by atoms with Crippen LogP contribution < -0.4 is 0 Å². The summed E-state index contributed by atoms with van der Waals surface area (Å²) < 4.78 is 2.37. The van der Waals surface area contributed by atoms with Crippen molar-refractivity contribution >= 4 is 10.9 Å². The molecule has 0 N–H and O–H groups in total. The average Bonchev–Trinajstić information content (AvgIpc) is 2.66. The molecule has 2 aromatic rings. The van der Waals surface area contributed by atoms with Crippen LogP contribution in [0.25, 0.3) is 10.9 Å². The maximum Gasteiger partial charge on any atom is 0.0483 e. The molecule has 1 aromatic carbocycles. The van der Waals surface area contributed by atoms with Crippen LogP contribution in [0, 0.1) is 0 Å². The second kappa shape index (κ2) is 3.49. The van der Waals surface area contributed by atoms with Gasteiger partial charge in [0.1, 0.15) is 0 Å². The molecule has 1 aliphatic rings. The number of rotatable bonds is 1. The monoisotopic (exact) mass is 225 g/mol. The van der Waals surface area contributed by atoms with Crippen LogP contribution in [0.4, 0.5) is 0 Å². The minimum atomic E-state index is 0.140. The highest BCUT2D eigenvalue weighted by Gasteiger charge is 2.33. The van der Waals surface area contributed by atoms with E-state index in [1.165, 1.54) is 41.4 Å². The maximum absolute atomic E-state index is 4.05. The van der Waals surface area contributed by atoms with Crippen LogP contribution in [0.1, 0.15) is 31.0 Å². The molecule has 1 nitrogen and oxygen atoms in total. The zero-order valence-corrected chi connectivity index (χ0v) is 10.7. The van der Waals surface area contributed by atoms with E-state index in [2.05, 4.69) is 55.5 Å². The highest BCUT2D eigenvalue weighted by molar-refractivity contribution is 5.86. The second-order valence-corrected chi connectivity index (χ2v) is 5.38. The van der Waals surface area contributed by atoms with Crippen LogP contribution in [0.5, 0.6) is 0 Å². The highest BCUT2D eigenvalue weighted by atomic mass is 15.0. The van der Waals surface area contributed by atoms with E-state index in [9.17, 15) is 0 Å². The molecule has 3 rings (SSSR count). The van der Waals surface area contributed by atoms with Crippen molar-refractivity contribution in [1.82, 2.24) is 4.57 Å². The molecule has 1 aromatic heterocycles. The van der Waals surface area contributed by atoms with Gasteiger partial charge in [0, 0.05) is 29.1 Å². The third-order valence-corrected chi connectivity index (χ3v) is 4.33. The van der Waals surface area contributed by atoms with Crippen LogP contribution in [0.2, 0.25) is 0 Å². The summed E-state index contributed by atoms with van der Waals surface area (Å²) in [6.07, 6.45) is 5.82. The van der Waals surface area contributed by atoms with Crippen molar-refractivity contribution < 1.29 is 0 Å². The molecule has 88 valence electrons. The Bertz CT molecular complexity index is 591. The normalized spacial score (nSPS) is 23.6. The molecule has 0 saturated carbocycles. The van der Waals surface area contributed by atoms with Gasteiger partial charge in [0.05, 0.1) is 0 Å². The van der Waals surface area contributed by atoms with Gasteiger partial charge < -0.3 is 4.57 Å². The Kier molecular flexibility index (Phi) is 2.19. The number of aromatic nitrogens is 1. The fourth-order valence-electron chi connectivity index (χ4n) is 3.40. The summed E-state index contributed by atoms with van der Waals surface area (Å²) in [5.74, 6) is 0. The Hall–Kier alpha value is -1.50. The minimum Gasteiger partial charge on any atom is -0.347 e. The predicted octanol–water partition coefficient (Wildman–Crippen LogP) is 3.96. The zero-order chi connectivity index (χ0) is 12.0. The molecule has 1 atom stereocenters. The lowest BCUT2D eigenvalue weighted by molar-refractivity contribution is 0.457. The Morgan fingerprint density at radius 2 is 2.12 bits per heavy atom. The van der Waals surface area contributed by atoms with Crippen LogP contribution in [-0.2, 0) is 18.9 Å². The number of para-hydroxylation sites is 1. The molecule has 0 bridgehead atoms. The Morgan fingerprint density at radius 3 is 2.88 bits per heavy atom. The summed E-state index contributed by atoms with van der Waals surface area (Å²) in [7, 11) is 2.19. The van der Waals surface area contributed by atoms with Gasteiger partial charge >= 0.3 is 0 Å². The molecule has 0 radical (unpaired) electrons. The Morgan fingerprint density at radius 1 is 1.35 bits per heavy atom. The number of hydrogen-bond acceptors (Lipinski definition) is 0. The van der Waals surface area contributed by atoms with Gasteiger partial charge in [0.15, 0.2) is 0 Å². The number of allylic oxidation sites excluding steroid dienone is 1. The molecule has 17 heavy (non-hydrogen) atoms. The van der Waals surface area contributed by atoms with Crippen LogP contribution in [0.15, 0.2) is 36.9 Å².